The zero-order valence-corrected chi connectivity index (χ0v) is 20.7. The van der Waals surface area contributed by atoms with Crippen molar-refractivity contribution >= 4 is 33.2 Å². The molecular formula is C26H29ClN2O3S. The van der Waals surface area contributed by atoms with E-state index in [1.807, 2.05) is 51.1 Å². The van der Waals surface area contributed by atoms with E-state index >= 15 is 0 Å². The lowest BCUT2D eigenvalue weighted by molar-refractivity contribution is -0.119. The third kappa shape index (κ3) is 6.59. The van der Waals surface area contributed by atoms with E-state index in [0.717, 1.165) is 35.1 Å². The quantitative estimate of drug-likeness (QED) is 0.424. The van der Waals surface area contributed by atoms with Gasteiger partial charge in [0.05, 0.1) is 10.6 Å². The standard InChI is InChI=1S/C26H29ClN2O3S/c1-19-6-14-25(15-7-19)33(31,32)29(24-13-8-20(2)21(3)17-24)18-26(30)28-16-4-5-22-9-11-23(27)12-10-22/h6-15,17H,4-5,16,18H2,1-3H3,(H,28,30). The first kappa shape index (κ1) is 24.8. The molecule has 0 fully saturated rings. The molecule has 5 nitrogen and oxygen atoms in total. The topological polar surface area (TPSA) is 66.5 Å². The Morgan fingerprint density at radius 2 is 1.58 bits per heavy atom. The summed E-state index contributed by atoms with van der Waals surface area (Å²) in [7, 11) is -3.91. The van der Waals surface area contributed by atoms with Crippen molar-refractivity contribution in [3.05, 3.63) is 94.0 Å². The van der Waals surface area contributed by atoms with E-state index in [2.05, 4.69) is 5.32 Å². The van der Waals surface area contributed by atoms with E-state index in [0.29, 0.717) is 17.3 Å². The van der Waals surface area contributed by atoms with Gasteiger partial charge < -0.3 is 5.32 Å². The van der Waals surface area contributed by atoms with Gasteiger partial charge in [0, 0.05) is 11.6 Å². The summed E-state index contributed by atoms with van der Waals surface area (Å²) in [6.45, 7) is 5.94. The fourth-order valence-electron chi connectivity index (χ4n) is 3.39. The first-order chi connectivity index (χ1) is 15.7. The molecule has 0 aliphatic heterocycles. The average molecular weight is 485 g/mol. The summed E-state index contributed by atoms with van der Waals surface area (Å²) in [6.07, 6.45) is 1.53. The fourth-order valence-corrected chi connectivity index (χ4v) is 4.93. The van der Waals surface area contributed by atoms with Crippen molar-refractivity contribution in [2.75, 3.05) is 17.4 Å². The second-order valence-electron chi connectivity index (χ2n) is 8.17. The normalized spacial score (nSPS) is 11.3. The molecule has 3 aromatic rings. The van der Waals surface area contributed by atoms with Crippen LogP contribution in [0.15, 0.2) is 71.6 Å². The van der Waals surface area contributed by atoms with Gasteiger partial charge >= 0.3 is 0 Å². The molecule has 0 spiro atoms. The van der Waals surface area contributed by atoms with Crippen molar-refractivity contribution in [2.24, 2.45) is 0 Å². The highest BCUT2D eigenvalue weighted by molar-refractivity contribution is 7.92. The second-order valence-corrected chi connectivity index (χ2v) is 10.5. The molecule has 0 bridgehead atoms. The zero-order chi connectivity index (χ0) is 24.0. The van der Waals surface area contributed by atoms with Crippen molar-refractivity contribution in [2.45, 2.75) is 38.5 Å². The molecule has 0 saturated heterocycles. The van der Waals surface area contributed by atoms with Gasteiger partial charge in [-0.1, -0.05) is 47.5 Å². The van der Waals surface area contributed by atoms with E-state index < -0.39 is 10.0 Å². The molecule has 0 aliphatic rings. The second kappa shape index (κ2) is 10.9. The summed E-state index contributed by atoms with van der Waals surface area (Å²) >= 11 is 5.91. The lowest BCUT2D eigenvalue weighted by Gasteiger charge is -2.25. The van der Waals surface area contributed by atoms with Gasteiger partial charge in [0.1, 0.15) is 6.54 Å². The lowest BCUT2D eigenvalue weighted by atomic mass is 10.1. The average Bonchev–Trinajstić information content (AvgIpc) is 2.78. The minimum Gasteiger partial charge on any atom is -0.355 e. The minimum absolute atomic E-state index is 0.155. The van der Waals surface area contributed by atoms with Crippen LogP contribution in [0.1, 0.15) is 28.7 Å². The van der Waals surface area contributed by atoms with Gasteiger partial charge in [-0.25, -0.2) is 8.42 Å². The number of aryl methyl sites for hydroxylation is 4. The van der Waals surface area contributed by atoms with Crippen LogP contribution in [-0.4, -0.2) is 27.4 Å². The zero-order valence-electron chi connectivity index (χ0n) is 19.1. The Morgan fingerprint density at radius 3 is 2.21 bits per heavy atom. The Balaban J connectivity index is 1.73. The van der Waals surface area contributed by atoms with Crippen LogP contribution in [0, 0.1) is 20.8 Å². The van der Waals surface area contributed by atoms with Crippen LogP contribution in [0.4, 0.5) is 5.69 Å². The molecule has 1 amide bonds. The number of nitrogens with zero attached hydrogens (tertiary/aromatic N) is 1. The number of nitrogens with one attached hydrogen (secondary N) is 1. The molecular weight excluding hydrogens is 456 g/mol. The molecule has 0 radical (unpaired) electrons. The van der Waals surface area contributed by atoms with Crippen LogP contribution in [0.5, 0.6) is 0 Å². The molecule has 3 aromatic carbocycles. The summed E-state index contributed by atoms with van der Waals surface area (Å²) in [5, 5.41) is 3.54. The molecule has 1 N–H and O–H groups in total. The number of hydrogen-bond acceptors (Lipinski definition) is 3. The highest BCUT2D eigenvalue weighted by Gasteiger charge is 2.27. The Kier molecular flexibility index (Phi) is 8.16. The smallest absolute Gasteiger partial charge is 0.264 e. The number of carbonyl (C=O) groups excluding carboxylic acids is 1. The van der Waals surface area contributed by atoms with Crippen LogP contribution in [-0.2, 0) is 21.2 Å². The number of halogens is 1. The molecule has 7 heteroatoms. The van der Waals surface area contributed by atoms with E-state index in [9.17, 15) is 13.2 Å². The van der Waals surface area contributed by atoms with Gasteiger partial charge in [-0.05, 0) is 86.7 Å². The fraction of sp³-hybridized carbons (Fsp3) is 0.269. The van der Waals surface area contributed by atoms with E-state index in [1.165, 1.54) is 4.31 Å². The summed E-state index contributed by atoms with van der Waals surface area (Å²) < 4.78 is 28.1. The summed E-state index contributed by atoms with van der Waals surface area (Å²) in [4.78, 5) is 12.9. The molecule has 3 rings (SSSR count). The summed E-state index contributed by atoms with van der Waals surface area (Å²) in [5.41, 5.74) is 4.57. The molecule has 0 aromatic heterocycles. The predicted molar refractivity (Wildman–Crippen MR) is 134 cm³/mol. The summed E-state index contributed by atoms with van der Waals surface area (Å²) in [5.74, 6) is -0.347. The maximum atomic E-state index is 13.5. The Morgan fingerprint density at radius 1 is 0.909 bits per heavy atom. The maximum Gasteiger partial charge on any atom is 0.264 e. The van der Waals surface area contributed by atoms with Crippen LogP contribution in [0.2, 0.25) is 5.02 Å². The monoisotopic (exact) mass is 484 g/mol. The Bertz CT molecular complexity index is 1210. The number of rotatable bonds is 9. The molecule has 174 valence electrons. The van der Waals surface area contributed by atoms with Crippen LogP contribution in [0.3, 0.4) is 0 Å². The number of hydrogen-bond donors (Lipinski definition) is 1. The van der Waals surface area contributed by atoms with E-state index in [1.54, 1.807) is 36.4 Å². The van der Waals surface area contributed by atoms with Crippen LogP contribution < -0.4 is 9.62 Å². The highest BCUT2D eigenvalue weighted by Crippen LogP contribution is 2.26. The van der Waals surface area contributed by atoms with Gasteiger partial charge in [-0.2, -0.15) is 0 Å². The van der Waals surface area contributed by atoms with Gasteiger partial charge in [0.25, 0.3) is 10.0 Å². The Hall–Kier alpha value is -2.83. The summed E-state index contributed by atoms with van der Waals surface area (Å²) in [6, 6.07) is 19.7. The van der Waals surface area contributed by atoms with E-state index in [-0.39, 0.29) is 17.3 Å². The van der Waals surface area contributed by atoms with Crippen molar-refractivity contribution < 1.29 is 13.2 Å². The molecule has 0 heterocycles. The highest BCUT2D eigenvalue weighted by atomic mass is 35.5. The first-order valence-electron chi connectivity index (χ1n) is 10.8. The molecule has 0 saturated carbocycles. The minimum atomic E-state index is -3.91. The van der Waals surface area contributed by atoms with Crippen molar-refractivity contribution in [1.82, 2.24) is 5.32 Å². The molecule has 0 aliphatic carbocycles. The largest absolute Gasteiger partial charge is 0.355 e. The predicted octanol–water partition coefficient (Wildman–Crippen LogP) is 5.21. The molecule has 0 unspecified atom stereocenters. The number of sulfonamides is 1. The number of amides is 1. The Labute approximate surface area is 201 Å². The molecule has 0 atom stereocenters. The SMILES string of the molecule is Cc1ccc(S(=O)(=O)N(CC(=O)NCCCc2ccc(Cl)cc2)c2ccc(C)c(C)c2)cc1. The number of benzene rings is 3. The first-order valence-corrected chi connectivity index (χ1v) is 12.7. The van der Waals surface area contributed by atoms with Crippen LogP contribution >= 0.6 is 11.6 Å². The van der Waals surface area contributed by atoms with E-state index in [4.69, 9.17) is 11.6 Å². The maximum absolute atomic E-state index is 13.5. The van der Waals surface area contributed by atoms with Crippen molar-refractivity contribution in [3.63, 3.8) is 0 Å². The van der Waals surface area contributed by atoms with Gasteiger partial charge in [-0.15, -0.1) is 0 Å². The van der Waals surface area contributed by atoms with Crippen LogP contribution in [0.25, 0.3) is 0 Å². The third-order valence-corrected chi connectivity index (χ3v) is 7.59. The molecule has 33 heavy (non-hydrogen) atoms. The lowest BCUT2D eigenvalue weighted by Crippen LogP contribution is -2.41. The third-order valence-electron chi connectivity index (χ3n) is 5.55. The number of anilines is 1. The number of carbonyl (C=O) groups is 1. The van der Waals surface area contributed by atoms with Gasteiger partial charge in [0.2, 0.25) is 5.91 Å². The van der Waals surface area contributed by atoms with Crippen molar-refractivity contribution in [1.29, 1.82) is 0 Å². The van der Waals surface area contributed by atoms with Crippen molar-refractivity contribution in [3.8, 4) is 0 Å². The van der Waals surface area contributed by atoms with Gasteiger partial charge in [0.15, 0.2) is 0 Å². The van der Waals surface area contributed by atoms with Gasteiger partial charge in [-0.3, -0.25) is 9.10 Å².